The van der Waals surface area contributed by atoms with Crippen molar-refractivity contribution in [2.45, 2.75) is 25.8 Å². The predicted molar refractivity (Wildman–Crippen MR) is 65.2 cm³/mol. The van der Waals surface area contributed by atoms with Crippen molar-refractivity contribution < 1.29 is 9.59 Å². The Morgan fingerprint density at radius 3 is 3.00 bits per heavy atom. The summed E-state index contributed by atoms with van der Waals surface area (Å²) in [5.41, 5.74) is 0. The van der Waals surface area contributed by atoms with Crippen molar-refractivity contribution >= 4 is 34.5 Å². The second-order valence-corrected chi connectivity index (χ2v) is 4.00. The molecular formula is C11H13BrN2O2. The number of hydrogen-bond donors (Lipinski definition) is 0. The van der Waals surface area contributed by atoms with Crippen molar-refractivity contribution in [1.82, 2.24) is 4.90 Å². The maximum Gasteiger partial charge on any atom is 0.267 e. The Labute approximate surface area is 103 Å². The van der Waals surface area contributed by atoms with E-state index in [-0.39, 0.29) is 17.7 Å². The van der Waals surface area contributed by atoms with E-state index in [0.29, 0.717) is 19.4 Å². The third-order valence-corrected chi connectivity index (χ3v) is 2.85. The van der Waals surface area contributed by atoms with Crippen molar-refractivity contribution in [3.05, 3.63) is 0 Å². The molecule has 2 unspecified atom stereocenters. The molecule has 1 rings (SSSR count). The van der Waals surface area contributed by atoms with Gasteiger partial charge in [-0.1, -0.05) is 12.8 Å². The fourth-order valence-corrected chi connectivity index (χ4v) is 2.16. The molecule has 2 amide bonds. The van der Waals surface area contributed by atoms with Crippen LogP contribution in [0.1, 0.15) is 19.8 Å². The third-order valence-electron chi connectivity index (χ3n) is 2.62. The van der Waals surface area contributed by atoms with Gasteiger partial charge in [-0.05, 0) is 18.0 Å². The quantitative estimate of drug-likeness (QED) is 0.578. The Kier molecular flexibility index (Phi) is 4.69. The number of aliphatic imine (C=N–C) groups is 1. The van der Waals surface area contributed by atoms with Crippen molar-refractivity contribution in [3.8, 4) is 10.8 Å². The van der Waals surface area contributed by atoms with Crippen molar-refractivity contribution in [3.63, 3.8) is 0 Å². The van der Waals surface area contributed by atoms with Crippen LogP contribution < -0.4 is 0 Å². The first-order valence-corrected chi connectivity index (χ1v) is 5.84. The van der Waals surface area contributed by atoms with Gasteiger partial charge in [0.05, 0.1) is 0 Å². The van der Waals surface area contributed by atoms with E-state index in [1.54, 1.807) is 4.90 Å². The normalized spacial score (nSPS) is 21.2. The van der Waals surface area contributed by atoms with Crippen LogP contribution in [0.5, 0.6) is 0 Å². The highest BCUT2D eigenvalue weighted by molar-refractivity contribution is 9.12. The molecule has 1 fully saturated rings. The van der Waals surface area contributed by atoms with Crippen LogP contribution in [0.2, 0.25) is 0 Å². The number of carbonyl (C=O) groups excluding carboxylic acids is 2. The molecule has 0 saturated carbocycles. The zero-order valence-corrected chi connectivity index (χ0v) is 10.7. The minimum absolute atomic E-state index is 0.00135. The van der Waals surface area contributed by atoms with Crippen LogP contribution in [0.4, 0.5) is 0 Å². The molecule has 5 heteroatoms. The summed E-state index contributed by atoms with van der Waals surface area (Å²) in [6.45, 7) is 5.56. The van der Waals surface area contributed by atoms with Gasteiger partial charge >= 0.3 is 0 Å². The fourth-order valence-electron chi connectivity index (χ4n) is 1.84. The molecule has 0 spiro atoms. The number of halogens is 1. The van der Waals surface area contributed by atoms with Gasteiger partial charge in [0.2, 0.25) is 5.91 Å². The highest BCUT2D eigenvalue weighted by atomic mass is 79.9. The molecule has 1 heterocycles. The Morgan fingerprint density at radius 1 is 1.81 bits per heavy atom. The molecule has 86 valence electrons. The largest absolute Gasteiger partial charge is 0.329 e. The number of likely N-dealkylation sites (tertiary alicyclic amines) is 1. The van der Waals surface area contributed by atoms with Gasteiger partial charge in [0.15, 0.2) is 0 Å². The standard InChI is InChI=1S/C11H13BrN2O2/c1-3-9(11(16)13-2)14-7-8(4-5-12)6-10(14)15/h8-9H,2-3,6-7H2,1H3. The average molecular weight is 285 g/mol. The molecule has 1 aliphatic heterocycles. The molecule has 0 radical (unpaired) electrons. The summed E-state index contributed by atoms with van der Waals surface area (Å²) in [6.07, 6.45) is 0.928. The van der Waals surface area contributed by atoms with Gasteiger partial charge in [0.25, 0.3) is 5.91 Å². The molecule has 0 aromatic carbocycles. The number of amides is 2. The third kappa shape index (κ3) is 2.70. The molecule has 1 aliphatic rings. The molecule has 0 aromatic rings. The molecule has 4 nitrogen and oxygen atoms in total. The van der Waals surface area contributed by atoms with Crippen LogP contribution in [-0.4, -0.2) is 36.0 Å². The van der Waals surface area contributed by atoms with Crippen LogP contribution >= 0.6 is 15.9 Å². The Hall–Kier alpha value is -1.15. The summed E-state index contributed by atoms with van der Waals surface area (Å²) in [4.78, 5) is 30.7. The van der Waals surface area contributed by atoms with Crippen molar-refractivity contribution in [2.24, 2.45) is 10.9 Å². The Bertz CT molecular complexity index is 370. The lowest BCUT2D eigenvalue weighted by atomic mass is 10.1. The van der Waals surface area contributed by atoms with E-state index < -0.39 is 6.04 Å². The van der Waals surface area contributed by atoms with E-state index in [9.17, 15) is 9.59 Å². The SMILES string of the molecule is C=NC(=O)C(CC)N1CC(C#CBr)CC1=O. The van der Waals surface area contributed by atoms with Crippen LogP contribution in [0, 0.1) is 16.7 Å². The summed E-state index contributed by atoms with van der Waals surface area (Å²) in [7, 11) is 0. The van der Waals surface area contributed by atoms with Crippen molar-refractivity contribution in [2.75, 3.05) is 6.54 Å². The molecule has 0 aromatic heterocycles. The zero-order chi connectivity index (χ0) is 12.1. The topological polar surface area (TPSA) is 49.7 Å². The molecular weight excluding hydrogens is 272 g/mol. The first-order chi connectivity index (χ1) is 7.63. The van der Waals surface area contributed by atoms with Gasteiger partial charge in [-0.3, -0.25) is 9.59 Å². The number of carbonyl (C=O) groups is 2. The maximum atomic E-state index is 11.7. The van der Waals surface area contributed by atoms with Crippen LogP contribution in [0.15, 0.2) is 4.99 Å². The second-order valence-electron chi connectivity index (χ2n) is 3.61. The van der Waals surface area contributed by atoms with E-state index in [1.165, 1.54) is 0 Å². The molecule has 1 saturated heterocycles. The lowest BCUT2D eigenvalue weighted by Gasteiger charge is -2.23. The fraction of sp³-hybridized carbons (Fsp3) is 0.545. The predicted octanol–water partition coefficient (Wildman–Crippen LogP) is 1.20. The van der Waals surface area contributed by atoms with Gasteiger partial charge in [0.1, 0.15) is 6.04 Å². The number of hydrogen-bond acceptors (Lipinski definition) is 2. The average Bonchev–Trinajstić information content (AvgIpc) is 2.61. The Balaban J connectivity index is 2.78. The summed E-state index contributed by atoms with van der Waals surface area (Å²) < 4.78 is 0. The number of nitrogens with zero attached hydrogens (tertiary/aromatic N) is 2. The summed E-state index contributed by atoms with van der Waals surface area (Å²) in [5.74, 6) is 2.50. The van der Waals surface area contributed by atoms with E-state index in [2.05, 4.69) is 38.4 Å². The highest BCUT2D eigenvalue weighted by Crippen LogP contribution is 2.21. The monoisotopic (exact) mass is 284 g/mol. The number of rotatable bonds is 3. The molecule has 2 atom stereocenters. The summed E-state index contributed by atoms with van der Waals surface area (Å²) >= 11 is 3.01. The molecule has 0 bridgehead atoms. The van der Waals surface area contributed by atoms with Gasteiger partial charge in [-0.2, -0.15) is 0 Å². The van der Waals surface area contributed by atoms with Gasteiger partial charge in [-0.15, -0.1) is 0 Å². The van der Waals surface area contributed by atoms with E-state index >= 15 is 0 Å². The zero-order valence-electron chi connectivity index (χ0n) is 9.07. The molecule has 0 aliphatic carbocycles. The highest BCUT2D eigenvalue weighted by Gasteiger charge is 2.35. The van der Waals surface area contributed by atoms with Crippen LogP contribution in [0.3, 0.4) is 0 Å². The summed E-state index contributed by atoms with van der Waals surface area (Å²) in [5, 5.41) is 0. The smallest absolute Gasteiger partial charge is 0.267 e. The molecule has 0 N–H and O–H groups in total. The maximum absolute atomic E-state index is 11.7. The van der Waals surface area contributed by atoms with Gasteiger partial charge < -0.3 is 4.90 Å². The van der Waals surface area contributed by atoms with E-state index in [1.807, 2.05) is 6.92 Å². The first-order valence-electron chi connectivity index (χ1n) is 5.05. The van der Waals surface area contributed by atoms with Crippen LogP contribution in [-0.2, 0) is 9.59 Å². The van der Waals surface area contributed by atoms with Crippen LogP contribution in [0.25, 0.3) is 0 Å². The lowest BCUT2D eigenvalue weighted by molar-refractivity contribution is -0.136. The van der Waals surface area contributed by atoms with Gasteiger partial charge in [0, 0.05) is 34.8 Å². The minimum atomic E-state index is -0.480. The first kappa shape index (κ1) is 12.9. The van der Waals surface area contributed by atoms with E-state index in [4.69, 9.17) is 0 Å². The van der Waals surface area contributed by atoms with Gasteiger partial charge in [-0.25, -0.2) is 4.99 Å². The van der Waals surface area contributed by atoms with E-state index in [0.717, 1.165) is 0 Å². The lowest BCUT2D eigenvalue weighted by Crippen LogP contribution is -2.41. The second kappa shape index (κ2) is 5.80. The summed E-state index contributed by atoms with van der Waals surface area (Å²) in [6, 6.07) is -0.480. The van der Waals surface area contributed by atoms with Crippen molar-refractivity contribution in [1.29, 1.82) is 0 Å². The Morgan fingerprint density at radius 2 is 2.50 bits per heavy atom. The molecule has 16 heavy (non-hydrogen) atoms. The minimum Gasteiger partial charge on any atom is -0.329 e.